The lowest BCUT2D eigenvalue weighted by Crippen LogP contribution is -2.32. The standard InChI is InChI=1S/C19H19N3O2S2/c1-3-9-25-19-21-17-16(18(24)22-19)15(13-8-7-10(2)26-13)14-11(20-17)5-4-6-12(14)23/h3,7-8,15H,1,4-6,9H2,2H3,(H2,20,21,22,24)/t15-/m0/s1. The van der Waals surface area contributed by atoms with Crippen molar-refractivity contribution in [2.45, 2.75) is 37.3 Å². The molecule has 4 rings (SSSR count). The van der Waals surface area contributed by atoms with Crippen LogP contribution in [0.15, 0.2) is 46.0 Å². The van der Waals surface area contributed by atoms with E-state index < -0.39 is 0 Å². The zero-order valence-corrected chi connectivity index (χ0v) is 16.1. The summed E-state index contributed by atoms with van der Waals surface area (Å²) < 4.78 is 0. The van der Waals surface area contributed by atoms with Crippen molar-refractivity contribution in [3.8, 4) is 0 Å². The number of Topliss-reactive ketones (excluding diaryl/α,β-unsaturated/α-hetero) is 1. The molecule has 0 amide bonds. The van der Waals surface area contributed by atoms with Crippen LogP contribution in [0.2, 0.25) is 0 Å². The molecule has 2 aromatic heterocycles. The van der Waals surface area contributed by atoms with Gasteiger partial charge in [-0.05, 0) is 31.9 Å². The van der Waals surface area contributed by atoms with Crippen LogP contribution in [0, 0.1) is 6.92 Å². The summed E-state index contributed by atoms with van der Waals surface area (Å²) in [7, 11) is 0. The Morgan fingerprint density at radius 2 is 2.23 bits per heavy atom. The Labute approximate surface area is 159 Å². The third-order valence-corrected chi connectivity index (χ3v) is 6.55. The van der Waals surface area contributed by atoms with Gasteiger partial charge in [-0.3, -0.25) is 9.59 Å². The highest BCUT2D eigenvalue weighted by molar-refractivity contribution is 7.99. The van der Waals surface area contributed by atoms with Crippen LogP contribution in [0.3, 0.4) is 0 Å². The number of fused-ring (bicyclic) bond motifs is 1. The molecule has 5 nitrogen and oxygen atoms in total. The van der Waals surface area contributed by atoms with Crippen LogP contribution >= 0.6 is 23.1 Å². The van der Waals surface area contributed by atoms with E-state index in [0.717, 1.165) is 33.9 Å². The lowest BCUT2D eigenvalue weighted by atomic mass is 9.79. The number of H-pyrrole nitrogens is 1. The highest BCUT2D eigenvalue weighted by Crippen LogP contribution is 2.45. The van der Waals surface area contributed by atoms with Gasteiger partial charge in [-0.25, -0.2) is 4.98 Å². The van der Waals surface area contributed by atoms with E-state index in [9.17, 15) is 9.59 Å². The number of ketones is 1. The summed E-state index contributed by atoms with van der Waals surface area (Å²) in [5, 5.41) is 3.85. The summed E-state index contributed by atoms with van der Waals surface area (Å²) >= 11 is 3.06. The second-order valence-electron chi connectivity index (χ2n) is 6.41. The smallest absolute Gasteiger partial charge is 0.257 e. The number of allylic oxidation sites excluding steroid dienone is 2. The molecule has 134 valence electrons. The van der Waals surface area contributed by atoms with E-state index in [1.54, 1.807) is 17.4 Å². The van der Waals surface area contributed by atoms with Crippen LogP contribution in [0.25, 0.3) is 0 Å². The van der Waals surface area contributed by atoms with Crippen LogP contribution in [-0.2, 0) is 4.79 Å². The number of hydrogen-bond acceptors (Lipinski definition) is 6. The first-order chi connectivity index (χ1) is 12.6. The molecular weight excluding hydrogens is 366 g/mol. The molecule has 0 unspecified atom stereocenters. The summed E-state index contributed by atoms with van der Waals surface area (Å²) in [5.41, 5.74) is 2.02. The van der Waals surface area contributed by atoms with Crippen LogP contribution in [0.1, 0.15) is 40.5 Å². The maximum atomic E-state index is 12.9. The van der Waals surface area contributed by atoms with Crippen molar-refractivity contribution >= 4 is 34.7 Å². The van der Waals surface area contributed by atoms with Gasteiger partial charge in [0.25, 0.3) is 5.56 Å². The molecular formula is C19H19N3O2S2. The Kier molecular flexibility index (Phi) is 4.58. The molecule has 1 atom stereocenters. The summed E-state index contributed by atoms with van der Waals surface area (Å²) in [5.74, 6) is 1.04. The maximum absolute atomic E-state index is 12.9. The zero-order valence-electron chi connectivity index (χ0n) is 14.4. The number of aryl methyl sites for hydroxylation is 1. The van der Waals surface area contributed by atoms with Gasteiger partial charge >= 0.3 is 0 Å². The van der Waals surface area contributed by atoms with Gasteiger partial charge in [0.2, 0.25) is 0 Å². The Hall–Kier alpha value is -2.12. The second-order valence-corrected chi connectivity index (χ2v) is 8.74. The van der Waals surface area contributed by atoms with Gasteiger partial charge in [-0.1, -0.05) is 17.8 Å². The molecule has 0 bridgehead atoms. The fraction of sp³-hybridized carbons (Fsp3) is 0.316. The van der Waals surface area contributed by atoms with Crippen molar-refractivity contribution in [3.05, 3.63) is 61.7 Å². The van der Waals surface area contributed by atoms with E-state index in [-0.39, 0.29) is 17.3 Å². The van der Waals surface area contributed by atoms with Gasteiger partial charge in [0, 0.05) is 33.2 Å². The van der Waals surface area contributed by atoms with E-state index in [1.807, 2.05) is 19.1 Å². The minimum Gasteiger partial charge on any atom is -0.343 e. The first-order valence-corrected chi connectivity index (χ1v) is 10.4. The number of rotatable bonds is 4. The highest BCUT2D eigenvalue weighted by atomic mass is 32.2. The number of thiophene rings is 1. The predicted molar refractivity (Wildman–Crippen MR) is 106 cm³/mol. The molecule has 0 spiro atoms. The van der Waals surface area contributed by atoms with Crippen molar-refractivity contribution in [2.24, 2.45) is 0 Å². The number of anilines is 1. The average Bonchev–Trinajstić information content (AvgIpc) is 3.04. The molecule has 0 fully saturated rings. The number of nitrogens with zero attached hydrogens (tertiary/aromatic N) is 1. The SMILES string of the molecule is C=CCSc1nc2c(c(=O)[nH]1)[C@@H](c1ccc(C)s1)C1=C(CCCC1=O)N2. The molecule has 2 aliphatic rings. The largest absolute Gasteiger partial charge is 0.343 e. The number of thioether (sulfide) groups is 1. The molecule has 0 radical (unpaired) electrons. The van der Waals surface area contributed by atoms with Crippen molar-refractivity contribution < 1.29 is 4.79 Å². The molecule has 0 saturated heterocycles. The van der Waals surface area contributed by atoms with Crippen LogP contribution in [0.5, 0.6) is 0 Å². The van der Waals surface area contributed by atoms with Gasteiger partial charge in [0.05, 0.1) is 11.5 Å². The fourth-order valence-electron chi connectivity index (χ4n) is 3.54. The summed E-state index contributed by atoms with van der Waals surface area (Å²) in [4.78, 5) is 35.3. The van der Waals surface area contributed by atoms with Crippen molar-refractivity contribution in [2.75, 3.05) is 11.1 Å². The third-order valence-electron chi connectivity index (χ3n) is 4.62. The number of hydrogen-bond donors (Lipinski definition) is 2. The van der Waals surface area contributed by atoms with E-state index in [4.69, 9.17) is 0 Å². The minimum absolute atomic E-state index is 0.130. The molecule has 1 aliphatic heterocycles. The van der Waals surface area contributed by atoms with Crippen LogP contribution < -0.4 is 10.9 Å². The molecule has 7 heteroatoms. The zero-order chi connectivity index (χ0) is 18.3. The van der Waals surface area contributed by atoms with E-state index in [2.05, 4.69) is 21.9 Å². The summed E-state index contributed by atoms with van der Waals surface area (Å²) in [6.45, 7) is 5.74. The lowest BCUT2D eigenvalue weighted by Gasteiger charge is -2.32. The number of aromatic nitrogens is 2. The molecule has 26 heavy (non-hydrogen) atoms. The van der Waals surface area contributed by atoms with Gasteiger partial charge in [-0.15, -0.1) is 17.9 Å². The van der Waals surface area contributed by atoms with Gasteiger partial charge in [-0.2, -0.15) is 0 Å². The fourth-order valence-corrected chi connectivity index (χ4v) is 5.13. The Balaban J connectivity index is 1.90. The molecule has 2 aromatic rings. The number of carbonyl (C=O) groups is 1. The van der Waals surface area contributed by atoms with Gasteiger partial charge < -0.3 is 10.3 Å². The molecule has 0 saturated carbocycles. The molecule has 3 heterocycles. The van der Waals surface area contributed by atoms with Gasteiger partial charge in [0.15, 0.2) is 10.9 Å². The Morgan fingerprint density at radius 1 is 1.38 bits per heavy atom. The Bertz CT molecular complexity index is 987. The summed E-state index contributed by atoms with van der Waals surface area (Å²) in [6, 6.07) is 4.05. The average molecular weight is 386 g/mol. The number of nitrogens with one attached hydrogen (secondary N) is 2. The lowest BCUT2D eigenvalue weighted by molar-refractivity contribution is -0.116. The highest BCUT2D eigenvalue weighted by Gasteiger charge is 2.38. The van der Waals surface area contributed by atoms with Crippen LogP contribution in [-0.4, -0.2) is 21.5 Å². The monoisotopic (exact) mass is 385 g/mol. The molecule has 0 aromatic carbocycles. The molecule has 1 aliphatic carbocycles. The first-order valence-electron chi connectivity index (χ1n) is 8.56. The van der Waals surface area contributed by atoms with E-state index in [0.29, 0.717) is 28.7 Å². The van der Waals surface area contributed by atoms with Crippen LogP contribution in [0.4, 0.5) is 5.82 Å². The van der Waals surface area contributed by atoms with Crippen molar-refractivity contribution in [1.82, 2.24) is 9.97 Å². The first kappa shape index (κ1) is 17.3. The van der Waals surface area contributed by atoms with Crippen molar-refractivity contribution in [1.29, 1.82) is 0 Å². The van der Waals surface area contributed by atoms with Gasteiger partial charge in [0.1, 0.15) is 5.82 Å². The third kappa shape index (κ3) is 2.95. The summed E-state index contributed by atoms with van der Waals surface area (Å²) in [6.07, 6.45) is 3.95. The number of aromatic amines is 1. The van der Waals surface area contributed by atoms with E-state index >= 15 is 0 Å². The topological polar surface area (TPSA) is 74.8 Å². The maximum Gasteiger partial charge on any atom is 0.257 e. The molecule has 2 N–H and O–H groups in total. The van der Waals surface area contributed by atoms with E-state index in [1.165, 1.54) is 11.8 Å². The normalized spacial score (nSPS) is 19.0. The predicted octanol–water partition coefficient (Wildman–Crippen LogP) is 3.98. The Morgan fingerprint density at radius 3 is 2.96 bits per heavy atom. The van der Waals surface area contributed by atoms with Crippen molar-refractivity contribution in [3.63, 3.8) is 0 Å². The quantitative estimate of drug-likeness (QED) is 0.473. The minimum atomic E-state index is -0.331. The second kappa shape index (κ2) is 6.89. The number of carbonyl (C=O) groups excluding carboxylic acids is 1.